The molecule has 3 aromatic heterocycles. The van der Waals surface area contributed by atoms with E-state index in [4.69, 9.17) is 0 Å². The van der Waals surface area contributed by atoms with E-state index in [-0.39, 0.29) is 0 Å². The van der Waals surface area contributed by atoms with Gasteiger partial charge in [-0.3, -0.25) is 0 Å². The first-order valence-corrected chi connectivity index (χ1v) is 10.1. The summed E-state index contributed by atoms with van der Waals surface area (Å²) in [5.41, 5.74) is 6.45. The highest BCUT2D eigenvalue weighted by molar-refractivity contribution is 7.15. The average Bonchev–Trinajstić information content (AvgIpc) is 3.30. The van der Waals surface area contributed by atoms with Crippen LogP contribution in [0.3, 0.4) is 0 Å². The van der Waals surface area contributed by atoms with Gasteiger partial charge in [0.1, 0.15) is 0 Å². The maximum Gasteiger partial charge on any atom is 0.249 e. The van der Waals surface area contributed by atoms with E-state index in [2.05, 4.69) is 81.2 Å². The Balaban J connectivity index is 1.39. The molecule has 0 spiro atoms. The monoisotopic (exact) mass is 398 g/mol. The molecule has 0 saturated heterocycles. The minimum Gasteiger partial charge on any atom is -0.306 e. The number of rotatable bonds is 4. The lowest BCUT2D eigenvalue weighted by Gasteiger charge is -2.03. The fraction of sp³-hybridized carbons (Fsp3) is 0.0909. The SMILES string of the molecule is Cc1ccc(-c2ccc(Nc3nc4scc(-c5ccc(C)cc5)n4n3)nn2)cc1. The second kappa shape index (κ2) is 7.10. The predicted molar refractivity (Wildman–Crippen MR) is 117 cm³/mol. The van der Waals surface area contributed by atoms with E-state index in [1.807, 2.05) is 28.8 Å². The molecular formula is C22H18N6S. The van der Waals surface area contributed by atoms with Crippen LogP contribution < -0.4 is 5.32 Å². The van der Waals surface area contributed by atoms with Gasteiger partial charge in [-0.05, 0) is 26.0 Å². The lowest BCUT2D eigenvalue weighted by Crippen LogP contribution is -1.98. The summed E-state index contributed by atoms with van der Waals surface area (Å²) >= 11 is 1.56. The smallest absolute Gasteiger partial charge is 0.249 e. The molecule has 142 valence electrons. The highest BCUT2D eigenvalue weighted by Crippen LogP contribution is 2.27. The van der Waals surface area contributed by atoms with Crippen molar-refractivity contribution >= 4 is 28.1 Å². The zero-order valence-electron chi connectivity index (χ0n) is 16.0. The second-order valence-corrected chi connectivity index (χ2v) is 7.75. The molecule has 2 aromatic carbocycles. The molecule has 0 bridgehead atoms. The minimum absolute atomic E-state index is 0.502. The Kier molecular flexibility index (Phi) is 4.29. The fourth-order valence-corrected chi connectivity index (χ4v) is 3.88. The van der Waals surface area contributed by atoms with Crippen LogP contribution in [0.25, 0.3) is 27.5 Å². The molecule has 3 heterocycles. The molecule has 7 heteroatoms. The third-order valence-corrected chi connectivity index (χ3v) is 5.50. The lowest BCUT2D eigenvalue weighted by molar-refractivity contribution is 0.980. The van der Waals surface area contributed by atoms with Crippen LogP contribution in [0.1, 0.15) is 11.1 Å². The standard InChI is InChI=1S/C22H18N6S/c1-14-3-7-16(8-4-14)18-11-12-20(26-25-18)23-21-24-22-28(27-21)19(13-29-22)17-9-5-15(2)6-10-17/h3-13H,1-2H3,(H,23,26,27). The zero-order chi connectivity index (χ0) is 19.8. The molecular weight excluding hydrogens is 380 g/mol. The van der Waals surface area contributed by atoms with Crippen LogP contribution in [-0.4, -0.2) is 24.8 Å². The van der Waals surface area contributed by atoms with Gasteiger partial charge in [0.2, 0.25) is 10.9 Å². The summed E-state index contributed by atoms with van der Waals surface area (Å²) in [6.45, 7) is 4.14. The summed E-state index contributed by atoms with van der Waals surface area (Å²) in [6.07, 6.45) is 0. The van der Waals surface area contributed by atoms with Crippen molar-refractivity contribution in [3.05, 3.63) is 77.2 Å². The predicted octanol–water partition coefficient (Wildman–Crippen LogP) is 5.28. The van der Waals surface area contributed by atoms with Gasteiger partial charge in [0.05, 0.1) is 11.4 Å². The lowest BCUT2D eigenvalue weighted by atomic mass is 10.1. The summed E-state index contributed by atoms with van der Waals surface area (Å²) < 4.78 is 1.85. The Labute approximate surface area is 171 Å². The Hall–Kier alpha value is -3.58. The van der Waals surface area contributed by atoms with Gasteiger partial charge in [-0.15, -0.1) is 26.6 Å². The van der Waals surface area contributed by atoms with Crippen LogP contribution in [0, 0.1) is 13.8 Å². The van der Waals surface area contributed by atoms with Gasteiger partial charge in [0.15, 0.2) is 5.82 Å². The van der Waals surface area contributed by atoms with Gasteiger partial charge >= 0.3 is 0 Å². The number of hydrogen-bond acceptors (Lipinski definition) is 6. The number of aryl methyl sites for hydroxylation is 2. The van der Waals surface area contributed by atoms with Crippen LogP contribution >= 0.6 is 11.3 Å². The highest BCUT2D eigenvalue weighted by atomic mass is 32.1. The van der Waals surface area contributed by atoms with Crippen LogP contribution in [0.15, 0.2) is 66.0 Å². The van der Waals surface area contributed by atoms with Gasteiger partial charge in [-0.25, -0.2) is 4.52 Å². The van der Waals surface area contributed by atoms with Crippen molar-refractivity contribution < 1.29 is 0 Å². The maximum atomic E-state index is 4.59. The Morgan fingerprint density at radius 1 is 0.793 bits per heavy atom. The number of thiazole rings is 1. The van der Waals surface area contributed by atoms with E-state index >= 15 is 0 Å². The van der Waals surface area contributed by atoms with Crippen LogP contribution in [0.4, 0.5) is 11.8 Å². The molecule has 29 heavy (non-hydrogen) atoms. The third-order valence-electron chi connectivity index (χ3n) is 4.68. The van der Waals surface area contributed by atoms with Gasteiger partial charge in [0.25, 0.3) is 0 Å². The van der Waals surface area contributed by atoms with Gasteiger partial charge in [0, 0.05) is 16.5 Å². The molecule has 6 nitrogen and oxygen atoms in total. The van der Waals surface area contributed by atoms with Crippen molar-refractivity contribution in [2.45, 2.75) is 13.8 Å². The number of fused-ring (bicyclic) bond motifs is 1. The van der Waals surface area contributed by atoms with Crippen molar-refractivity contribution in [1.82, 2.24) is 24.8 Å². The molecule has 0 amide bonds. The van der Waals surface area contributed by atoms with E-state index in [1.165, 1.54) is 11.1 Å². The van der Waals surface area contributed by atoms with Crippen LogP contribution in [0.5, 0.6) is 0 Å². The van der Waals surface area contributed by atoms with Crippen molar-refractivity contribution in [3.63, 3.8) is 0 Å². The van der Waals surface area contributed by atoms with E-state index in [0.29, 0.717) is 11.8 Å². The van der Waals surface area contributed by atoms with E-state index in [0.717, 1.165) is 27.5 Å². The topological polar surface area (TPSA) is 68.0 Å². The summed E-state index contributed by atoms with van der Waals surface area (Å²) in [5.74, 6) is 1.11. The minimum atomic E-state index is 0.502. The Morgan fingerprint density at radius 2 is 1.48 bits per heavy atom. The number of nitrogens with zero attached hydrogens (tertiary/aromatic N) is 5. The molecule has 0 fully saturated rings. The summed E-state index contributed by atoms with van der Waals surface area (Å²) in [6, 6.07) is 20.4. The first-order chi connectivity index (χ1) is 14.2. The van der Waals surface area contributed by atoms with Crippen LogP contribution in [-0.2, 0) is 0 Å². The molecule has 0 saturated carbocycles. The second-order valence-electron chi connectivity index (χ2n) is 6.91. The summed E-state index contributed by atoms with van der Waals surface area (Å²) in [5, 5.41) is 18.4. The van der Waals surface area contributed by atoms with E-state index in [9.17, 15) is 0 Å². The van der Waals surface area contributed by atoms with Crippen molar-refractivity contribution in [3.8, 4) is 22.5 Å². The summed E-state index contributed by atoms with van der Waals surface area (Å²) in [4.78, 5) is 5.38. The number of benzene rings is 2. The van der Waals surface area contributed by atoms with Gasteiger partial charge < -0.3 is 5.32 Å². The number of nitrogens with one attached hydrogen (secondary N) is 1. The maximum absolute atomic E-state index is 4.59. The fourth-order valence-electron chi connectivity index (χ4n) is 3.05. The first-order valence-electron chi connectivity index (χ1n) is 9.25. The molecule has 0 aliphatic carbocycles. The zero-order valence-corrected chi connectivity index (χ0v) is 16.8. The molecule has 0 aliphatic rings. The molecule has 5 rings (SSSR count). The molecule has 0 unspecified atom stereocenters. The van der Waals surface area contributed by atoms with Crippen LogP contribution in [0.2, 0.25) is 0 Å². The Bertz CT molecular complexity index is 1270. The average molecular weight is 398 g/mol. The van der Waals surface area contributed by atoms with Gasteiger partial charge in [-0.1, -0.05) is 59.7 Å². The number of hydrogen-bond donors (Lipinski definition) is 1. The number of aromatic nitrogens is 5. The van der Waals surface area contributed by atoms with E-state index < -0.39 is 0 Å². The van der Waals surface area contributed by atoms with Crippen molar-refractivity contribution in [2.24, 2.45) is 0 Å². The third kappa shape index (κ3) is 3.48. The van der Waals surface area contributed by atoms with Gasteiger partial charge in [-0.2, -0.15) is 4.98 Å². The molecule has 0 aliphatic heterocycles. The Morgan fingerprint density at radius 3 is 2.14 bits per heavy atom. The van der Waals surface area contributed by atoms with Crippen molar-refractivity contribution in [1.29, 1.82) is 0 Å². The summed E-state index contributed by atoms with van der Waals surface area (Å²) in [7, 11) is 0. The molecule has 0 radical (unpaired) electrons. The van der Waals surface area contributed by atoms with E-state index in [1.54, 1.807) is 11.3 Å². The normalized spacial score (nSPS) is 11.1. The molecule has 0 atom stereocenters. The largest absolute Gasteiger partial charge is 0.306 e. The molecule has 1 N–H and O–H groups in total. The van der Waals surface area contributed by atoms with Crippen molar-refractivity contribution in [2.75, 3.05) is 5.32 Å². The molecule has 5 aromatic rings. The highest BCUT2D eigenvalue weighted by Gasteiger charge is 2.12. The quantitative estimate of drug-likeness (QED) is 0.446. The first kappa shape index (κ1) is 17.5. The number of anilines is 2.